The fourth-order valence-electron chi connectivity index (χ4n) is 3.10. The molecular weight excluding hydrogens is 356 g/mol. The second-order valence-corrected chi connectivity index (χ2v) is 7.21. The van der Waals surface area contributed by atoms with Gasteiger partial charge in [0.05, 0.1) is 6.61 Å². The van der Waals surface area contributed by atoms with Crippen molar-refractivity contribution < 1.29 is 9.53 Å². The highest BCUT2D eigenvalue weighted by Crippen LogP contribution is 2.13. The van der Waals surface area contributed by atoms with Gasteiger partial charge in [-0.2, -0.15) is 0 Å². The zero-order chi connectivity index (χ0) is 19.9. The van der Waals surface area contributed by atoms with Gasteiger partial charge in [0.15, 0.2) is 0 Å². The lowest BCUT2D eigenvalue weighted by atomic mass is 10.2. The molecule has 8 heteroatoms. The fraction of sp³-hybridized carbons (Fsp3) is 0.500. The Kier molecular flexibility index (Phi) is 6.89. The van der Waals surface area contributed by atoms with Crippen LogP contribution in [0.25, 0.3) is 0 Å². The summed E-state index contributed by atoms with van der Waals surface area (Å²) in [5, 5.41) is 0. The molecule has 3 heterocycles. The summed E-state index contributed by atoms with van der Waals surface area (Å²) in [5.74, 6) is 0.702. The Bertz CT molecular complexity index is 753. The van der Waals surface area contributed by atoms with Crippen molar-refractivity contribution in [2.24, 2.45) is 0 Å². The lowest BCUT2D eigenvalue weighted by Crippen LogP contribution is -2.50. The fourth-order valence-corrected chi connectivity index (χ4v) is 3.10. The average Bonchev–Trinajstić information content (AvgIpc) is 2.73. The molecule has 1 aliphatic heterocycles. The van der Waals surface area contributed by atoms with Crippen molar-refractivity contribution in [3.05, 3.63) is 48.0 Å². The third-order valence-corrected chi connectivity index (χ3v) is 4.73. The van der Waals surface area contributed by atoms with Crippen LogP contribution in [0.1, 0.15) is 11.3 Å². The molecule has 1 atom stereocenters. The number of carbonyl (C=O) groups is 1. The highest BCUT2D eigenvalue weighted by Gasteiger charge is 2.29. The molecule has 0 radical (unpaired) electrons. The summed E-state index contributed by atoms with van der Waals surface area (Å²) < 4.78 is 5.75. The highest BCUT2D eigenvalue weighted by molar-refractivity contribution is 5.81. The molecule has 0 unspecified atom stereocenters. The monoisotopic (exact) mass is 384 g/mol. The Morgan fingerprint density at radius 1 is 1.21 bits per heavy atom. The third-order valence-electron chi connectivity index (χ3n) is 4.73. The van der Waals surface area contributed by atoms with Gasteiger partial charge in [-0.3, -0.25) is 14.7 Å². The SMILES string of the molecule is CN(CCc1ccccn1)C(=O)[C@@H]1CN(Cc2cnc(N(C)C)nc2)CCO1. The third kappa shape index (κ3) is 5.46. The van der Waals surface area contributed by atoms with E-state index in [1.54, 1.807) is 11.1 Å². The smallest absolute Gasteiger partial charge is 0.252 e. The predicted molar refractivity (Wildman–Crippen MR) is 107 cm³/mol. The van der Waals surface area contributed by atoms with Crippen LogP contribution in [0.15, 0.2) is 36.8 Å². The Labute approximate surface area is 166 Å². The standard InChI is InChI=1S/C20H28N6O2/c1-24(2)20-22-12-16(13-23-20)14-26-10-11-28-18(15-26)19(27)25(3)9-7-17-6-4-5-8-21-17/h4-6,8,12-13,18H,7,9-11,14-15H2,1-3H3/t18-/m0/s1. The van der Waals surface area contributed by atoms with E-state index in [9.17, 15) is 4.79 Å². The lowest BCUT2D eigenvalue weighted by molar-refractivity contribution is -0.148. The number of pyridine rings is 1. The van der Waals surface area contributed by atoms with Gasteiger partial charge in [0.2, 0.25) is 5.95 Å². The number of hydrogen-bond donors (Lipinski definition) is 0. The molecule has 2 aromatic heterocycles. The van der Waals surface area contributed by atoms with Crippen LogP contribution in [-0.4, -0.2) is 84.1 Å². The number of amides is 1. The molecule has 8 nitrogen and oxygen atoms in total. The number of morpholine rings is 1. The summed E-state index contributed by atoms with van der Waals surface area (Å²) in [6.07, 6.45) is 5.74. The van der Waals surface area contributed by atoms with Gasteiger partial charge < -0.3 is 14.5 Å². The van der Waals surface area contributed by atoms with Crippen LogP contribution in [0.5, 0.6) is 0 Å². The largest absolute Gasteiger partial charge is 0.366 e. The number of hydrogen-bond acceptors (Lipinski definition) is 7. The molecule has 0 aromatic carbocycles. The molecule has 0 aliphatic carbocycles. The maximum Gasteiger partial charge on any atom is 0.252 e. The van der Waals surface area contributed by atoms with Gasteiger partial charge in [0.1, 0.15) is 6.10 Å². The van der Waals surface area contributed by atoms with Crippen LogP contribution >= 0.6 is 0 Å². The summed E-state index contributed by atoms with van der Waals surface area (Å²) in [7, 11) is 5.65. The van der Waals surface area contributed by atoms with Gasteiger partial charge in [-0.05, 0) is 12.1 Å². The summed E-state index contributed by atoms with van der Waals surface area (Å²) in [4.78, 5) is 31.6. The van der Waals surface area contributed by atoms with E-state index in [-0.39, 0.29) is 5.91 Å². The van der Waals surface area contributed by atoms with Gasteiger partial charge in [0.25, 0.3) is 5.91 Å². The first-order valence-electron chi connectivity index (χ1n) is 9.50. The zero-order valence-electron chi connectivity index (χ0n) is 16.8. The molecule has 0 spiro atoms. The van der Waals surface area contributed by atoms with Gasteiger partial charge in [0, 0.05) is 83.6 Å². The maximum absolute atomic E-state index is 12.8. The molecule has 0 N–H and O–H groups in total. The Hall–Kier alpha value is -2.58. The number of aromatic nitrogens is 3. The minimum absolute atomic E-state index is 0.0137. The van der Waals surface area contributed by atoms with E-state index in [0.717, 1.165) is 24.2 Å². The first-order chi connectivity index (χ1) is 13.5. The van der Waals surface area contributed by atoms with Crippen LogP contribution < -0.4 is 4.90 Å². The Morgan fingerprint density at radius 3 is 2.68 bits per heavy atom. The van der Waals surface area contributed by atoms with Crippen LogP contribution in [0, 0.1) is 0 Å². The number of likely N-dealkylation sites (N-methyl/N-ethyl adjacent to an activating group) is 1. The van der Waals surface area contributed by atoms with E-state index in [2.05, 4.69) is 19.9 Å². The highest BCUT2D eigenvalue weighted by atomic mass is 16.5. The van der Waals surface area contributed by atoms with Crippen LogP contribution in [0.3, 0.4) is 0 Å². The van der Waals surface area contributed by atoms with Crippen molar-refractivity contribution >= 4 is 11.9 Å². The van der Waals surface area contributed by atoms with Crippen LogP contribution in [-0.2, 0) is 22.5 Å². The molecule has 1 fully saturated rings. The van der Waals surface area contributed by atoms with Crippen LogP contribution in [0.2, 0.25) is 0 Å². The number of ether oxygens (including phenoxy) is 1. The summed E-state index contributed by atoms with van der Waals surface area (Å²) in [5.41, 5.74) is 2.01. The second kappa shape index (κ2) is 9.57. The second-order valence-electron chi connectivity index (χ2n) is 7.21. The number of carbonyl (C=O) groups excluding carboxylic acids is 1. The predicted octanol–water partition coefficient (Wildman–Crippen LogP) is 0.840. The molecule has 0 bridgehead atoms. The molecule has 2 aromatic rings. The molecule has 0 saturated carbocycles. The minimum Gasteiger partial charge on any atom is -0.366 e. The molecule has 150 valence electrons. The average molecular weight is 384 g/mol. The molecule has 1 amide bonds. The lowest BCUT2D eigenvalue weighted by Gasteiger charge is -2.34. The van der Waals surface area contributed by atoms with E-state index < -0.39 is 6.10 Å². The molecule has 28 heavy (non-hydrogen) atoms. The van der Waals surface area contributed by atoms with E-state index in [4.69, 9.17) is 4.74 Å². The van der Waals surface area contributed by atoms with Gasteiger partial charge >= 0.3 is 0 Å². The van der Waals surface area contributed by atoms with Gasteiger partial charge in [-0.1, -0.05) is 6.07 Å². The van der Waals surface area contributed by atoms with E-state index in [0.29, 0.717) is 32.2 Å². The van der Waals surface area contributed by atoms with Crippen molar-refractivity contribution in [1.82, 2.24) is 24.8 Å². The van der Waals surface area contributed by atoms with Crippen molar-refractivity contribution in [2.45, 2.75) is 19.1 Å². The first-order valence-corrected chi connectivity index (χ1v) is 9.50. The van der Waals surface area contributed by atoms with Crippen molar-refractivity contribution in [3.63, 3.8) is 0 Å². The van der Waals surface area contributed by atoms with E-state index in [1.165, 1.54) is 0 Å². The molecular formula is C20H28N6O2. The summed E-state index contributed by atoms with van der Waals surface area (Å²) in [6, 6.07) is 5.82. The number of anilines is 1. The molecule has 1 saturated heterocycles. The van der Waals surface area contributed by atoms with E-state index >= 15 is 0 Å². The van der Waals surface area contributed by atoms with Gasteiger partial charge in [-0.15, -0.1) is 0 Å². The van der Waals surface area contributed by atoms with Crippen LogP contribution in [0.4, 0.5) is 5.95 Å². The number of rotatable bonds is 7. The summed E-state index contributed by atoms with van der Waals surface area (Å²) in [6.45, 7) is 3.23. The van der Waals surface area contributed by atoms with Gasteiger partial charge in [-0.25, -0.2) is 9.97 Å². The topological polar surface area (TPSA) is 74.7 Å². The Balaban J connectivity index is 1.51. The summed E-state index contributed by atoms with van der Waals surface area (Å²) >= 11 is 0. The number of nitrogens with zero attached hydrogens (tertiary/aromatic N) is 6. The Morgan fingerprint density at radius 2 is 2.00 bits per heavy atom. The van der Waals surface area contributed by atoms with Crippen molar-refractivity contribution in [2.75, 3.05) is 52.3 Å². The maximum atomic E-state index is 12.8. The minimum atomic E-state index is -0.440. The first kappa shape index (κ1) is 20.2. The normalized spacial score (nSPS) is 17.3. The van der Waals surface area contributed by atoms with Crippen molar-refractivity contribution in [1.29, 1.82) is 0 Å². The molecule has 3 rings (SSSR count). The van der Waals surface area contributed by atoms with E-state index in [1.807, 2.05) is 56.6 Å². The zero-order valence-corrected chi connectivity index (χ0v) is 16.8. The molecule has 1 aliphatic rings. The quantitative estimate of drug-likeness (QED) is 0.700. The van der Waals surface area contributed by atoms with Crippen molar-refractivity contribution in [3.8, 4) is 0 Å².